The summed E-state index contributed by atoms with van der Waals surface area (Å²) in [6.07, 6.45) is 4.17. The molecule has 27 heavy (non-hydrogen) atoms. The third kappa shape index (κ3) is 2.11. The zero-order chi connectivity index (χ0) is 18.9. The zero-order valence-electron chi connectivity index (χ0n) is 16.5. The smallest absolute Gasteiger partial charge is 0.237 e. The number of anilines is 1. The van der Waals surface area contributed by atoms with Crippen molar-refractivity contribution in [3.05, 3.63) is 34.5 Å². The highest BCUT2D eigenvalue weighted by Gasteiger charge is 2.44. The second kappa shape index (κ2) is 5.47. The minimum Gasteiger partial charge on any atom is -0.353 e. The van der Waals surface area contributed by atoms with Gasteiger partial charge in [-0.15, -0.1) is 0 Å². The molecule has 2 aliphatic rings. The summed E-state index contributed by atoms with van der Waals surface area (Å²) in [5.74, 6) is 0.211. The molecule has 3 aromatic rings. The Hall–Kier alpha value is -2.56. The van der Waals surface area contributed by atoms with E-state index in [0.717, 1.165) is 60.4 Å². The Morgan fingerprint density at radius 2 is 2.00 bits per heavy atom. The maximum absolute atomic E-state index is 13.0. The standard InChI is InChI=1S/C22H26N4O/c1-5-9-26-18-10-15-14-8-6-7-13-12(2)24-25-20(13)19(14)23-17(15)11-16(18)22(3,4)21(26)27/h10-11,23H,5-9H2,1-4H3,(H,24,25). The summed E-state index contributed by atoms with van der Waals surface area (Å²) in [5, 5.41) is 8.99. The molecule has 0 bridgehead atoms. The first-order valence-electron chi connectivity index (χ1n) is 9.98. The number of fused-ring (bicyclic) bond motifs is 6. The van der Waals surface area contributed by atoms with E-state index in [2.05, 4.69) is 41.2 Å². The Kier molecular flexibility index (Phi) is 3.37. The van der Waals surface area contributed by atoms with Crippen LogP contribution in [0.2, 0.25) is 0 Å². The molecule has 1 aromatic carbocycles. The summed E-state index contributed by atoms with van der Waals surface area (Å²) in [4.78, 5) is 18.6. The first-order valence-corrected chi connectivity index (χ1v) is 9.98. The molecule has 1 aliphatic carbocycles. The van der Waals surface area contributed by atoms with E-state index in [1.165, 1.54) is 22.2 Å². The second-order valence-corrected chi connectivity index (χ2v) is 8.50. The van der Waals surface area contributed by atoms with E-state index in [4.69, 9.17) is 0 Å². The maximum Gasteiger partial charge on any atom is 0.237 e. The number of hydrogen-bond acceptors (Lipinski definition) is 2. The summed E-state index contributed by atoms with van der Waals surface area (Å²) in [6.45, 7) is 9.08. The molecule has 2 aromatic heterocycles. The lowest BCUT2D eigenvalue weighted by molar-refractivity contribution is -0.122. The van der Waals surface area contributed by atoms with Crippen LogP contribution in [0.4, 0.5) is 5.69 Å². The Bertz CT molecular complexity index is 1090. The number of benzene rings is 1. The van der Waals surface area contributed by atoms with E-state index in [1.54, 1.807) is 0 Å². The summed E-state index contributed by atoms with van der Waals surface area (Å²) in [7, 11) is 0. The molecular weight excluding hydrogens is 336 g/mol. The Morgan fingerprint density at radius 1 is 1.22 bits per heavy atom. The Morgan fingerprint density at radius 3 is 2.78 bits per heavy atom. The van der Waals surface area contributed by atoms with Crippen LogP contribution in [0.1, 0.15) is 56.0 Å². The van der Waals surface area contributed by atoms with E-state index in [1.807, 2.05) is 18.7 Å². The highest BCUT2D eigenvalue weighted by Crippen LogP contribution is 2.46. The quantitative estimate of drug-likeness (QED) is 0.710. The van der Waals surface area contributed by atoms with Gasteiger partial charge in [-0.1, -0.05) is 6.92 Å². The van der Waals surface area contributed by atoms with E-state index in [-0.39, 0.29) is 5.91 Å². The van der Waals surface area contributed by atoms with Gasteiger partial charge in [0.15, 0.2) is 0 Å². The highest BCUT2D eigenvalue weighted by atomic mass is 16.2. The third-order valence-electron chi connectivity index (χ3n) is 6.38. The van der Waals surface area contributed by atoms with Crippen LogP contribution in [0.5, 0.6) is 0 Å². The van der Waals surface area contributed by atoms with E-state index >= 15 is 0 Å². The predicted octanol–water partition coefficient (Wildman–Crippen LogP) is 4.39. The van der Waals surface area contributed by atoms with Crippen molar-refractivity contribution in [1.82, 2.24) is 15.2 Å². The van der Waals surface area contributed by atoms with Crippen LogP contribution in [-0.2, 0) is 23.1 Å². The third-order valence-corrected chi connectivity index (χ3v) is 6.38. The van der Waals surface area contributed by atoms with Gasteiger partial charge in [-0.25, -0.2) is 0 Å². The number of aryl methyl sites for hydroxylation is 2. The van der Waals surface area contributed by atoms with E-state index < -0.39 is 5.41 Å². The van der Waals surface area contributed by atoms with Gasteiger partial charge in [0.05, 0.1) is 11.1 Å². The molecule has 5 rings (SSSR count). The van der Waals surface area contributed by atoms with E-state index in [0.29, 0.717) is 0 Å². The minimum atomic E-state index is -0.477. The van der Waals surface area contributed by atoms with Gasteiger partial charge in [0.2, 0.25) is 5.91 Å². The van der Waals surface area contributed by atoms with Crippen LogP contribution < -0.4 is 4.90 Å². The molecule has 2 N–H and O–H groups in total. The fraction of sp³-hybridized carbons (Fsp3) is 0.455. The first kappa shape index (κ1) is 16.6. The number of rotatable bonds is 2. The molecule has 1 aliphatic heterocycles. The Balaban J connectivity index is 1.77. The van der Waals surface area contributed by atoms with Crippen LogP contribution in [0.3, 0.4) is 0 Å². The van der Waals surface area contributed by atoms with Gasteiger partial charge < -0.3 is 9.88 Å². The van der Waals surface area contributed by atoms with Crippen molar-refractivity contribution in [3.63, 3.8) is 0 Å². The summed E-state index contributed by atoms with van der Waals surface area (Å²) < 4.78 is 0. The maximum atomic E-state index is 13.0. The number of nitrogens with one attached hydrogen (secondary N) is 2. The molecule has 140 valence electrons. The van der Waals surface area contributed by atoms with Gasteiger partial charge in [0.25, 0.3) is 0 Å². The summed E-state index contributed by atoms with van der Waals surface area (Å²) in [5.41, 5.74) is 8.91. The monoisotopic (exact) mass is 362 g/mol. The van der Waals surface area contributed by atoms with Gasteiger partial charge in [0, 0.05) is 34.4 Å². The van der Waals surface area contributed by atoms with Crippen LogP contribution in [-0.4, -0.2) is 27.6 Å². The SMILES string of the molecule is CCCN1C(=O)C(C)(C)c2cc3[nH]c4c(c3cc21)CCCc1c-4n[nH]c1C. The van der Waals surface area contributed by atoms with Crippen molar-refractivity contribution in [2.45, 2.75) is 58.8 Å². The van der Waals surface area contributed by atoms with Crippen LogP contribution in [0.25, 0.3) is 22.3 Å². The molecule has 0 saturated carbocycles. The molecule has 0 fully saturated rings. The number of amides is 1. The van der Waals surface area contributed by atoms with Gasteiger partial charge in [-0.3, -0.25) is 9.89 Å². The number of H-pyrrole nitrogens is 2. The Labute approximate surface area is 159 Å². The molecule has 0 spiro atoms. The molecule has 3 heterocycles. The number of nitrogens with zero attached hydrogens (tertiary/aromatic N) is 2. The lowest BCUT2D eigenvalue weighted by Crippen LogP contribution is -2.36. The number of aromatic amines is 2. The molecule has 0 unspecified atom stereocenters. The zero-order valence-corrected chi connectivity index (χ0v) is 16.5. The van der Waals surface area contributed by atoms with Gasteiger partial charge >= 0.3 is 0 Å². The average Bonchev–Trinajstić information content (AvgIpc) is 3.18. The number of carbonyl (C=O) groups excluding carboxylic acids is 1. The molecule has 0 radical (unpaired) electrons. The predicted molar refractivity (Wildman–Crippen MR) is 108 cm³/mol. The van der Waals surface area contributed by atoms with Crippen LogP contribution in [0.15, 0.2) is 12.1 Å². The molecule has 5 nitrogen and oxygen atoms in total. The molecule has 0 saturated heterocycles. The lowest BCUT2D eigenvalue weighted by Gasteiger charge is -2.19. The fourth-order valence-corrected chi connectivity index (χ4v) is 4.89. The average molecular weight is 362 g/mol. The van der Waals surface area contributed by atoms with Crippen molar-refractivity contribution in [2.75, 3.05) is 11.4 Å². The van der Waals surface area contributed by atoms with Crippen molar-refractivity contribution in [2.24, 2.45) is 0 Å². The lowest BCUT2D eigenvalue weighted by atomic mass is 9.85. The van der Waals surface area contributed by atoms with Crippen molar-refractivity contribution >= 4 is 22.5 Å². The molecule has 0 atom stereocenters. The number of aromatic nitrogens is 3. The van der Waals surface area contributed by atoms with Gasteiger partial charge in [-0.2, -0.15) is 5.10 Å². The van der Waals surface area contributed by atoms with Crippen LogP contribution in [0, 0.1) is 6.92 Å². The molecule has 5 heteroatoms. The van der Waals surface area contributed by atoms with Crippen molar-refractivity contribution < 1.29 is 4.79 Å². The minimum absolute atomic E-state index is 0.211. The van der Waals surface area contributed by atoms with Crippen molar-refractivity contribution in [3.8, 4) is 11.4 Å². The van der Waals surface area contributed by atoms with E-state index in [9.17, 15) is 4.79 Å². The fourth-order valence-electron chi connectivity index (χ4n) is 4.89. The topological polar surface area (TPSA) is 64.8 Å². The highest BCUT2D eigenvalue weighted by molar-refractivity contribution is 6.10. The summed E-state index contributed by atoms with van der Waals surface area (Å²) >= 11 is 0. The second-order valence-electron chi connectivity index (χ2n) is 8.50. The number of carbonyl (C=O) groups is 1. The normalized spacial score (nSPS) is 17.8. The molecular formula is C22H26N4O. The van der Waals surface area contributed by atoms with Gasteiger partial charge in [0.1, 0.15) is 5.69 Å². The van der Waals surface area contributed by atoms with Crippen molar-refractivity contribution in [1.29, 1.82) is 0 Å². The summed E-state index contributed by atoms with van der Waals surface area (Å²) in [6, 6.07) is 4.44. The molecule has 1 amide bonds. The number of hydrogen-bond donors (Lipinski definition) is 2. The largest absolute Gasteiger partial charge is 0.353 e. The first-order chi connectivity index (χ1) is 12.9. The van der Waals surface area contributed by atoms with Crippen LogP contribution >= 0.6 is 0 Å². The van der Waals surface area contributed by atoms with Gasteiger partial charge in [-0.05, 0) is 69.7 Å².